The number of halogens is 2. The summed E-state index contributed by atoms with van der Waals surface area (Å²) in [5, 5.41) is 19.1. The molecule has 1 aromatic carbocycles. The molecule has 3 aromatic rings. The van der Waals surface area contributed by atoms with Gasteiger partial charge in [-0.25, -0.2) is 0 Å². The lowest BCUT2D eigenvalue weighted by Crippen LogP contribution is -2.39. The van der Waals surface area contributed by atoms with E-state index in [-0.39, 0.29) is 24.0 Å². The summed E-state index contributed by atoms with van der Waals surface area (Å²) in [6.07, 6.45) is 3.18. The van der Waals surface area contributed by atoms with Gasteiger partial charge < -0.3 is 19.7 Å². The van der Waals surface area contributed by atoms with E-state index in [4.69, 9.17) is 16.1 Å². The van der Waals surface area contributed by atoms with Gasteiger partial charge in [0.2, 0.25) is 11.7 Å². The fraction of sp³-hybridized carbons (Fsp3) is 0.389. The number of benzene rings is 1. The second-order valence-electron chi connectivity index (χ2n) is 5.99. The van der Waals surface area contributed by atoms with E-state index >= 15 is 0 Å². The number of aryl methyl sites for hydroxylation is 1. The van der Waals surface area contributed by atoms with Crippen LogP contribution in [0.3, 0.4) is 0 Å². The van der Waals surface area contributed by atoms with Crippen molar-refractivity contribution in [2.75, 3.05) is 20.1 Å². The highest BCUT2D eigenvalue weighted by atomic mass is 127. The van der Waals surface area contributed by atoms with E-state index in [0.29, 0.717) is 42.2 Å². The maximum absolute atomic E-state index is 6.00. The number of aliphatic imine (C=N–C) groups is 1. The number of nitrogens with one attached hydrogen (secondary N) is 2. The minimum absolute atomic E-state index is 0. The molecule has 0 atom stereocenters. The van der Waals surface area contributed by atoms with E-state index in [9.17, 15) is 0 Å². The minimum Gasteiger partial charge on any atom is -0.356 e. The van der Waals surface area contributed by atoms with Crippen LogP contribution >= 0.6 is 35.6 Å². The van der Waals surface area contributed by atoms with Crippen LogP contribution in [0.5, 0.6) is 0 Å². The Balaban J connectivity index is 0.00000300. The number of rotatable bonds is 8. The van der Waals surface area contributed by atoms with E-state index in [1.165, 1.54) is 0 Å². The smallest absolute Gasteiger partial charge is 0.228 e. The van der Waals surface area contributed by atoms with Gasteiger partial charge in [-0.2, -0.15) is 4.98 Å². The molecule has 156 valence electrons. The van der Waals surface area contributed by atoms with Crippen molar-refractivity contribution in [1.29, 1.82) is 0 Å². The van der Waals surface area contributed by atoms with Crippen molar-refractivity contribution in [2.45, 2.75) is 26.3 Å². The number of hydrogen-bond donors (Lipinski definition) is 2. The zero-order chi connectivity index (χ0) is 19.8. The van der Waals surface area contributed by atoms with E-state index in [1.807, 2.05) is 16.7 Å². The Kier molecular flexibility index (Phi) is 9.32. The minimum atomic E-state index is 0. The van der Waals surface area contributed by atoms with Crippen molar-refractivity contribution >= 4 is 41.5 Å². The summed E-state index contributed by atoms with van der Waals surface area (Å²) in [6.45, 7) is 4.15. The molecule has 0 amide bonds. The van der Waals surface area contributed by atoms with Crippen LogP contribution in [-0.4, -0.2) is 51.0 Å². The Morgan fingerprint density at radius 2 is 2.10 bits per heavy atom. The summed E-state index contributed by atoms with van der Waals surface area (Å²) in [4.78, 5) is 8.62. The zero-order valence-electron chi connectivity index (χ0n) is 16.3. The van der Waals surface area contributed by atoms with E-state index in [0.717, 1.165) is 24.4 Å². The van der Waals surface area contributed by atoms with Crippen LogP contribution in [0.4, 0.5) is 0 Å². The summed E-state index contributed by atoms with van der Waals surface area (Å²) < 4.78 is 7.33. The zero-order valence-corrected chi connectivity index (χ0v) is 19.4. The van der Waals surface area contributed by atoms with E-state index < -0.39 is 0 Å². The lowest BCUT2D eigenvalue weighted by atomic mass is 10.2. The highest BCUT2D eigenvalue weighted by molar-refractivity contribution is 14.0. The van der Waals surface area contributed by atoms with Crippen LogP contribution in [0.15, 0.2) is 40.1 Å². The van der Waals surface area contributed by atoms with Crippen molar-refractivity contribution in [3.63, 3.8) is 0 Å². The van der Waals surface area contributed by atoms with Gasteiger partial charge in [0.1, 0.15) is 12.2 Å². The average Bonchev–Trinajstić information content (AvgIpc) is 3.36. The molecule has 2 heterocycles. The van der Waals surface area contributed by atoms with Crippen molar-refractivity contribution in [1.82, 2.24) is 35.5 Å². The lowest BCUT2D eigenvalue weighted by molar-refractivity contribution is 0.378. The normalized spacial score (nSPS) is 11.2. The topological polar surface area (TPSA) is 106 Å². The third-order valence-corrected chi connectivity index (χ3v) is 4.30. The Labute approximate surface area is 191 Å². The third-order valence-electron chi connectivity index (χ3n) is 4.06. The summed E-state index contributed by atoms with van der Waals surface area (Å²) in [5.74, 6) is 2.76. The van der Waals surface area contributed by atoms with Crippen molar-refractivity contribution < 1.29 is 4.52 Å². The summed E-state index contributed by atoms with van der Waals surface area (Å²) in [6, 6.07) is 7.36. The monoisotopic (exact) mass is 530 g/mol. The fourth-order valence-electron chi connectivity index (χ4n) is 2.64. The van der Waals surface area contributed by atoms with Gasteiger partial charge in [-0.1, -0.05) is 35.8 Å². The number of guanidine groups is 1. The van der Waals surface area contributed by atoms with Gasteiger partial charge in [0.15, 0.2) is 5.96 Å². The Morgan fingerprint density at radius 1 is 1.28 bits per heavy atom. The van der Waals surface area contributed by atoms with Crippen LogP contribution in [0.25, 0.3) is 11.4 Å². The van der Waals surface area contributed by atoms with Gasteiger partial charge >= 0.3 is 0 Å². The van der Waals surface area contributed by atoms with E-state index in [1.54, 1.807) is 25.5 Å². The number of hydrogen-bond acceptors (Lipinski definition) is 6. The molecule has 0 aliphatic rings. The standard InChI is InChI=1S/C18H23ClN8O.HI/c1-3-15-25-23-12-27(15)10-9-22-18(20-2)21-8-7-16-24-17(26-28-16)13-5-4-6-14(19)11-13;/h4-6,11-12H,3,7-10H2,1-2H3,(H2,20,21,22);1H. The first kappa shape index (κ1) is 23.1. The molecule has 2 N–H and O–H groups in total. The molecule has 0 aliphatic heterocycles. The molecule has 11 heteroatoms. The highest BCUT2D eigenvalue weighted by Crippen LogP contribution is 2.19. The number of aromatic nitrogens is 5. The van der Waals surface area contributed by atoms with Crippen LogP contribution in [-0.2, 0) is 19.4 Å². The third kappa shape index (κ3) is 6.67. The molecule has 3 rings (SSSR count). The Hall–Kier alpha value is -2.21. The van der Waals surface area contributed by atoms with Gasteiger partial charge in [0.05, 0.1) is 0 Å². The van der Waals surface area contributed by atoms with Gasteiger partial charge in [0, 0.05) is 50.1 Å². The van der Waals surface area contributed by atoms with Gasteiger partial charge in [-0.3, -0.25) is 4.99 Å². The summed E-state index contributed by atoms with van der Waals surface area (Å²) >= 11 is 6.00. The van der Waals surface area contributed by atoms with E-state index in [2.05, 4.69) is 42.9 Å². The molecule has 9 nitrogen and oxygen atoms in total. The molecule has 2 aromatic heterocycles. The molecule has 29 heavy (non-hydrogen) atoms. The average molecular weight is 531 g/mol. The van der Waals surface area contributed by atoms with Crippen molar-refractivity contribution in [3.8, 4) is 11.4 Å². The quantitative estimate of drug-likeness (QED) is 0.262. The lowest BCUT2D eigenvalue weighted by Gasteiger charge is -2.11. The first-order chi connectivity index (χ1) is 13.7. The molecule has 0 saturated carbocycles. The van der Waals surface area contributed by atoms with Gasteiger partial charge in [-0.05, 0) is 12.1 Å². The fourth-order valence-corrected chi connectivity index (χ4v) is 2.83. The molecular weight excluding hydrogens is 507 g/mol. The molecule has 0 aliphatic carbocycles. The Morgan fingerprint density at radius 3 is 2.86 bits per heavy atom. The molecule has 0 fully saturated rings. The van der Waals surface area contributed by atoms with Gasteiger partial charge in [0.25, 0.3) is 0 Å². The van der Waals surface area contributed by atoms with Crippen LogP contribution in [0.2, 0.25) is 5.02 Å². The first-order valence-electron chi connectivity index (χ1n) is 9.09. The predicted octanol–water partition coefficient (Wildman–Crippen LogP) is 2.57. The van der Waals surface area contributed by atoms with Crippen LogP contribution in [0.1, 0.15) is 18.6 Å². The summed E-state index contributed by atoms with van der Waals surface area (Å²) in [7, 11) is 1.73. The molecule has 0 spiro atoms. The maximum atomic E-state index is 6.00. The van der Waals surface area contributed by atoms with Gasteiger partial charge in [-0.15, -0.1) is 34.2 Å². The second-order valence-corrected chi connectivity index (χ2v) is 6.43. The van der Waals surface area contributed by atoms with Crippen LogP contribution in [0, 0.1) is 0 Å². The largest absolute Gasteiger partial charge is 0.356 e. The van der Waals surface area contributed by atoms with Crippen molar-refractivity contribution in [3.05, 3.63) is 47.3 Å². The number of nitrogens with zero attached hydrogens (tertiary/aromatic N) is 6. The molecule has 0 saturated heterocycles. The highest BCUT2D eigenvalue weighted by Gasteiger charge is 2.09. The maximum Gasteiger partial charge on any atom is 0.228 e. The molecular formula is C18H24ClIN8O. The molecule has 0 unspecified atom stereocenters. The first-order valence-corrected chi connectivity index (χ1v) is 9.47. The molecule has 0 radical (unpaired) electrons. The Bertz CT molecular complexity index is 926. The SMILES string of the molecule is CCc1nncn1CCNC(=NC)NCCc1nc(-c2cccc(Cl)c2)no1.I. The predicted molar refractivity (Wildman–Crippen MR) is 123 cm³/mol. The van der Waals surface area contributed by atoms with Crippen LogP contribution < -0.4 is 10.6 Å². The summed E-state index contributed by atoms with van der Waals surface area (Å²) in [5.41, 5.74) is 0.827. The van der Waals surface area contributed by atoms with Crippen molar-refractivity contribution in [2.24, 2.45) is 4.99 Å². The second kappa shape index (κ2) is 11.7. The molecule has 0 bridgehead atoms.